The van der Waals surface area contributed by atoms with Crippen LogP contribution in [0.15, 0.2) is 46.8 Å². The molecular formula is C18H21ClN6S. The van der Waals surface area contributed by atoms with E-state index in [4.69, 9.17) is 11.6 Å². The van der Waals surface area contributed by atoms with E-state index in [9.17, 15) is 0 Å². The number of rotatable bonds is 6. The second-order valence-electron chi connectivity index (χ2n) is 5.80. The maximum absolute atomic E-state index is 5.94. The molecule has 2 aromatic heterocycles. The van der Waals surface area contributed by atoms with Gasteiger partial charge in [-0.05, 0) is 36.1 Å². The van der Waals surface area contributed by atoms with Crippen molar-refractivity contribution >= 4 is 28.9 Å². The van der Waals surface area contributed by atoms with Gasteiger partial charge in [0.25, 0.3) is 0 Å². The predicted molar refractivity (Wildman–Crippen MR) is 106 cm³/mol. The van der Waals surface area contributed by atoms with Crippen LogP contribution in [0.2, 0.25) is 5.02 Å². The number of halogens is 1. The zero-order chi connectivity index (χ0) is 18.4. The molecule has 0 radical (unpaired) electrons. The molecule has 136 valence electrons. The minimum Gasteiger partial charge on any atom is -0.351 e. The molecule has 6 nitrogen and oxygen atoms in total. The molecule has 0 fully saturated rings. The molecule has 3 rings (SSSR count). The average molecular weight is 389 g/mol. The summed E-state index contributed by atoms with van der Waals surface area (Å²) in [6, 6.07) is 11.9. The Bertz CT molecular complexity index is 854. The molecule has 26 heavy (non-hydrogen) atoms. The zero-order valence-electron chi connectivity index (χ0n) is 14.7. The van der Waals surface area contributed by atoms with Gasteiger partial charge in [-0.2, -0.15) is 0 Å². The first kappa shape index (κ1) is 18.4. The van der Waals surface area contributed by atoms with Crippen LogP contribution in [0.25, 0.3) is 0 Å². The molecule has 0 aliphatic rings. The van der Waals surface area contributed by atoms with Crippen LogP contribution in [0, 0.1) is 6.92 Å². The number of nitrogens with one attached hydrogen (secondary N) is 2. The first-order valence-corrected chi connectivity index (χ1v) is 9.51. The monoisotopic (exact) mass is 388 g/mol. The summed E-state index contributed by atoms with van der Waals surface area (Å²) in [5, 5.41) is 17.8. The van der Waals surface area contributed by atoms with Crippen molar-refractivity contribution in [3.05, 3.63) is 68.9 Å². The number of benzene rings is 1. The van der Waals surface area contributed by atoms with Crippen LogP contribution in [-0.4, -0.2) is 20.7 Å². The number of aromatic nitrogens is 3. The smallest absolute Gasteiger partial charge is 0.192 e. The predicted octanol–water partition coefficient (Wildman–Crippen LogP) is 3.27. The molecular weight excluding hydrogens is 368 g/mol. The van der Waals surface area contributed by atoms with Gasteiger partial charge in [-0.15, -0.1) is 21.5 Å². The number of guanidine groups is 1. The fourth-order valence-electron chi connectivity index (χ4n) is 2.29. The Morgan fingerprint density at radius 2 is 1.92 bits per heavy atom. The van der Waals surface area contributed by atoms with Crippen LogP contribution in [0.3, 0.4) is 0 Å². The van der Waals surface area contributed by atoms with Crippen molar-refractivity contribution in [3.63, 3.8) is 0 Å². The molecule has 3 aromatic rings. The van der Waals surface area contributed by atoms with Crippen LogP contribution in [0.1, 0.15) is 22.1 Å². The maximum Gasteiger partial charge on any atom is 0.192 e. The normalized spacial score (nSPS) is 11.6. The SMILES string of the molecule is Cc1nnc(CNC(=NCc2ccc(Cl)cc2)NCc2cccs2)n1C. The van der Waals surface area contributed by atoms with Gasteiger partial charge in [0.15, 0.2) is 11.8 Å². The topological polar surface area (TPSA) is 67.1 Å². The minimum atomic E-state index is 0.550. The first-order valence-electron chi connectivity index (χ1n) is 8.25. The van der Waals surface area contributed by atoms with E-state index >= 15 is 0 Å². The van der Waals surface area contributed by atoms with E-state index in [0.29, 0.717) is 13.1 Å². The number of aliphatic imine (C=N–C) groups is 1. The van der Waals surface area contributed by atoms with Crippen LogP contribution >= 0.6 is 22.9 Å². The summed E-state index contributed by atoms with van der Waals surface area (Å²) in [5.74, 6) is 2.47. The average Bonchev–Trinajstić information content (AvgIpc) is 3.27. The molecule has 0 bridgehead atoms. The fraction of sp³-hybridized carbons (Fsp3) is 0.278. The summed E-state index contributed by atoms with van der Waals surface area (Å²) in [4.78, 5) is 5.92. The van der Waals surface area contributed by atoms with Crippen molar-refractivity contribution in [3.8, 4) is 0 Å². The van der Waals surface area contributed by atoms with Crippen LogP contribution in [0.4, 0.5) is 0 Å². The van der Waals surface area contributed by atoms with Crippen LogP contribution in [-0.2, 0) is 26.7 Å². The Kier molecular flexibility index (Phi) is 6.25. The summed E-state index contributed by atoms with van der Waals surface area (Å²) in [7, 11) is 1.95. The zero-order valence-corrected chi connectivity index (χ0v) is 16.3. The molecule has 0 aliphatic heterocycles. The van der Waals surface area contributed by atoms with Crippen LogP contribution in [0.5, 0.6) is 0 Å². The van der Waals surface area contributed by atoms with E-state index < -0.39 is 0 Å². The highest BCUT2D eigenvalue weighted by atomic mass is 35.5. The molecule has 2 N–H and O–H groups in total. The van der Waals surface area contributed by atoms with Gasteiger partial charge in [-0.25, -0.2) is 4.99 Å². The number of nitrogens with zero attached hydrogens (tertiary/aromatic N) is 4. The Balaban J connectivity index is 1.66. The Morgan fingerprint density at radius 1 is 1.15 bits per heavy atom. The molecule has 2 heterocycles. The lowest BCUT2D eigenvalue weighted by atomic mass is 10.2. The highest BCUT2D eigenvalue weighted by Crippen LogP contribution is 2.10. The molecule has 0 saturated heterocycles. The summed E-state index contributed by atoms with van der Waals surface area (Å²) in [5.41, 5.74) is 1.10. The number of aryl methyl sites for hydroxylation is 1. The minimum absolute atomic E-state index is 0.550. The summed E-state index contributed by atoms with van der Waals surface area (Å²) in [6.45, 7) is 3.77. The number of thiophene rings is 1. The lowest BCUT2D eigenvalue weighted by Gasteiger charge is -2.12. The van der Waals surface area contributed by atoms with Gasteiger partial charge in [0.05, 0.1) is 19.6 Å². The van der Waals surface area contributed by atoms with Gasteiger partial charge in [0.2, 0.25) is 0 Å². The van der Waals surface area contributed by atoms with Crippen molar-refractivity contribution in [1.82, 2.24) is 25.4 Å². The first-order chi connectivity index (χ1) is 12.6. The second-order valence-corrected chi connectivity index (χ2v) is 7.27. The molecule has 0 aliphatic carbocycles. The van der Waals surface area contributed by atoms with E-state index in [-0.39, 0.29) is 0 Å². The van der Waals surface area contributed by atoms with E-state index in [0.717, 1.165) is 34.7 Å². The largest absolute Gasteiger partial charge is 0.351 e. The lowest BCUT2D eigenvalue weighted by molar-refractivity contribution is 0.715. The third kappa shape index (κ3) is 5.06. The molecule has 0 spiro atoms. The van der Waals surface area contributed by atoms with Crippen molar-refractivity contribution in [2.45, 2.75) is 26.6 Å². The van der Waals surface area contributed by atoms with Gasteiger partial charge in [-0.1, -0.05) is 29.8 Å². The lowest BCUT2D eigenvalue weighted by Crippen LogP contribution is -2.37. The van der Waals surface area contributed by atoms with Crippen molar-refractivity contribution in [2.75, 3.05) is 0 Å². The quantitative estimate of drug-likeness (QED) is 0.502. The summed E-state index contributed by atoms with van der Waals surface area (Å²) >= 11 is 7.66. The van der Waals surface area contributed by atoms with Crippen LogP contribution < -0.4 is 10.6 Å². The van der Waals surface area contributed by atoms with Gasteiger partial charge in [-0.3, -0.25) is 0 Å². The highest BCUT2D eigenvalue weighted by Gasteiger charge is 2.06. The Morgan fingerprint density at radius 3 is 2.58 bits per heavy atom. The van der Waals surface area contributed by atoms with Gasteiger partial charge in [0.1, 0.15) is 5.82 Å². The third-order valence-corrected chi connectivity index (χ3v) is 5.07. The molecule has 8 heteroatoms. The maximum atomic E-state index is 5.94. The van der Waals surface area contributed by atoms with E-state index in [1.54, 1.807) is 11.3 Å². The van der Waals surface area contributed by atoms with E-state index in [1.807, 2.05) is 48.9 Å². The van der Waals surface area contributed by atoms with Crippen molar-refractivity contribution in [1.29, 1.82) is 0 Å². The number of hydrogen-bond acceptors (Lipinski definition) is 4. The summed E-state index contributed by atoms with van der Waals surface area (Å²) < 4.78 is 1.96. The molecule has 0 unspecified atom stereocenters. The molecule has 0 amide bonds. The molecule has 1 aromatic carbocycles. The number of hydrogen-bond donors (Lipinski definition) is 2. The second kappa shape index (κ2) is 8.82. The van der Waals surface area contributed by atoms with Gasteiger partial charge >= 0.3 is 0 Å². The molecule has 0 saturated carbocycles. The Labute approximate surface area is 162 Å². The highest BCUT2D eigenvalue weighted by molar-refractivity contribution is 7.09. The molecule has 0 atom stereocenters. The third-order valence-electron chi connectivity index (χ3n) is 3.94. The van der Waals surface area contributed by atoms with Gasteiger partial charge < -0.3 is 15.2 Å². The fourth-order valence-corrected chi connectivity index (χ4v) is 3.06. The van der Waals surface area contributed by atoms with Crippen molar-refractivity contribution in [2.24, 2.45) is 12.0 Å². The van der Waals surface area contributed by atoms with E-state index in [2.05, 4.69) is 37.3 Å². The van der Waals surface area contributed by atoms with Crippen molar-refractivity contribution < 1.29 is 0 Å². The van der Waals surface area contributed by atoms with E-state index in [1.165, 1.54) is 4.88 Å². The van der Waals surface area contributed by atoms with Gasteiger partial charge in [0, 0.05) is 16.9 Å². The standard InChI is InChI=1S/C18H21ClN6S/c1-13-23-24-17(25(13)2)12-22-18(21-11-16-4-3-9-26-16)20-10-14-5-7-15(19)8-6-14/h3-9H,10-12H2,1-2H3,(H2,20,21,22). The Hall–Kier alpha value is -2.38. The summed E-state index contributed by atoms with van der Waals surface area (Å²) in [6.07, 6.45) is 0.